The molecular formula is C27H33N7O4S. The number of hydrogen-bond donors (Lipinski definition) is 1. The van der Waals surface area contributed by atoms with Crippen LogP contribution in [0.3, 0.4) is 0 Å². The number of anilines is 3. The number of piperazine rings is 1. The number of benzene rings is 1. The first-order chi connectivity index (χ1) is 18.7. The van der Waals surface area contributed by atoms with Crippen LogP contribution in [-0.4, -0.2) is 80.8 Å². The summed E-state index contributed by atoms with van der Waals surface area (Å²) in [6, 6.07) is 8.19. The first kappa shape index (κ1) is 26.7. The summed E-state index contributed by atoms with van der Waals surface area (Å²) < 4.78 is 31.6. The van der Waals surface area contributed by atoms with E-state index in [0.717, 1.165) is 54.8 Å². The summed E-state index contributed by atoms with van der Waals surface area (Å²) in [7, 11) is -1.81. The van der Waals surface area contributed by atoms with Crippen LogP contribution in [0.1, 0.15) is 29.7 Å². The summed E-state index contributed by atoms with van der Waals surface area (Å²) in [6.45, 7) is 6.04. The van der Waals surface area contributed by atoms with E-state index in [9.17, 15) is 18.5 Å². The van der Waals surface area contributed by atoms with Gasteiger partial charge in [0.1, 0.15) is 5.82 Å². The zero-order chi connectivity index (χ0) is 27.7. The quantitative estimate of drug-likeness (QED) is 0.513. The molecule has 3 heterocycles. The minimum atomic E-state index is -3.37. The van der Waals surface area contributed by atoms with Crippen molar-refractivity contribution in [3.05, 3.63) is 47.7 Å². The Labute approximate surface area is 229 Å². The van der Waals surface area contributed by atoms with Gasteiger partial charge in [-0.2, -0.15) is 15.2 Å². The lowest BCUT2D eigenvalue weighted by molar-refractivity contribution is -0.128. The molecule has 1 fully saturated rings. The number of carbonyl (C=O) groups is 1. The number of methoxy groups -OCH3 is 1. The summed E-state index contributed by atoms with van der Waals surface area (Å²) in [4.78, 5) is 28.0. The predicted molar refractivity (Wildman–Crippen MR) is 148 cm³/mol. The fourth-order valence-electron chi connectivity index (χ4n) is 5.97. The molecule has 1 aromatic heterocycles. The SMILES string of the molecule is C=CC(=O)N1CCN(c2nc(OC)nc3c2CCC(N2CCc4ccc(NS(C)(=O)=O)cc42)C3)C[C@@H]1CC#N. The second kappa shape index (κ2) is 10.7. The minimum absolute atomic E-state index is 0.166. The lowest BCUT2D eigenvalue weighted by atomic mass is 9.90. The van der Waals surface area contributed by atoms with Crippen molar-refractivity contribution < 1.29 is 17.9 Å². The molecular weight excluding hydrogens is 518 g/mol. The van der Waals surface area contributed by atoms with Crippen LogP contribution in [0.25, 0.3) is 0 Å². The van der Waals surface area contributed by atoms with Gasteiger partial charge in [-0.25, -0.2) is 8.42 Å². The van der Waals surface area contributed by atoms with E-state index < -0.39 is 10.0 Å². The van der Waals surface area contributed by atoms with Crippen molar-refractivity contribution in [3.8, 4) is 12.1 Å². The first-order valence-electron chi connectivity index (χ1n) is 13.1. The van der Waals surface area contributed by atoms with Gasteiger partial charge in [0.05, 0.1) is 43.3 Å². The van der Waals surface area contributed by atoms with Crippen molar-refractivity contribution in [2.24, 2.45) is 0 Å². The van der Waals surface area contributed by atoms with E-state index in [2.05, 4.69) is 27.2 Å². The number of sulfonamides is 1. The Hall–Kier alpha value is -3.85. The molecule has 0 saturated carbocycles. The fourth-order valence-corrected chi connectivity index (χ4v) is 6.53. The molecule has 0 bridgehead atoms. The molecule has 1 aromatic carbocycles. The van der Waals surface area contributed by atoms with Gasteiger partial charge in [-0.3, -0.25) is 9.52 Å². The Morgan fingerprint density at radius 1 is 1.28 bits per heavy atom. The van der Waals surface area contributed by atoms with E-state index in [0.29, 0.717) is 37.8 Å². The summed E-state index contributed by atoms with van der Waals surface area (Å²) in [5.74, 6) is 0.645. The Morgan fingerprint density at radius 3 is 2.82 bits per heavy atom. The van der Waals surface area contributed by atoms with Crippen molar-refractivity contribution in [1.29, 1.82) is 5.26 Å². The molecule has 1 saturated heterocycles. The molecule has 5 rings (SSSR count). The van der Waals surface area contributed by atoms with Crippen molar-refractivity contribution in [2.75, 3.05) is 54.1 Å². The number of rotatable bonds is 7. The highest BCUT2D eigenvalue weighted by Crippen LogP contribution is 2.38. The molecule has 1 aliphatic carbocycles. The fraction of sp³-hybridized carbons (Fsp3) is 0.481. The van der Waals surface area contributed by atoms with Crippen molar-refractivity contribution in [2.45, 2.75) is 44.2 Å². The van der Waals surface area contributed by atoms with E-state index in [4.69, 9.17) is 14.7 Å². The Balaban J connectivity index is 1.41. The molecule has 1 amide bonds. The molecule has 2 atom stereocenters. The lowest BCUT2D eigenvalue weighted by Gasteiger charge is -2.42. The normalized spacial score (nSPS) is 20.6. The molecule has 3 aliphatic rings. The van der Waals surface area contributed by atoms with E-state index in [1.54, 1.807) is 12.0 Å². The van der Waals surface area contributed by atoms with Crippen LogP contribution in [0, 0.1) is 11.3 Å². The van der Waals surface area contributed by atoms with E-state index in [1.165, 1.54) is 11.6 Å². The largest absolute Gasteiger partial charge is 0.467 e. The van der Waals surface area contributed by atoms with E-state index >= 15 is 0 Å². The summed E-state index contributed by atoms with van der Waals surface area (Å²) in [5.41, 5.74) is 4.84. The van der Waals surface area contributed by atoms with Gasteiger partial charge in [0.25, 0.3) is 0 Å². The number of nitriles is 1. The average molecular weight is 552 g/mol. The standard InChI is InChI=1S/C27H33N7O4S/c1-4-25(35)34-14-13-32(17-21(34)9-11-28)26-22-8-7-20(16-23(22)29-27(30-26)38-2)33-12-10-18-5-6-19(15-24(18)33)31-39(3,36)37/h4-6,15,20-21,31H,1,7-10,12-14,16-17H2,2-3H3/t20?,21-/m0/s1. The number of fused-ring (bicyclic) bond motifs is 2. The smallest absolute Gasteiger partial charge is 0.318 e. The predicted octanol–water partition coefficient (Wildman–Crippen LogP) is 1.89. The highest BCUT2D eigenvalue weighted by Gasteiger charge is 2.35. The zero-order valence-electron chi connectivity index (χ0n) is 22.3. The Kier molecular flexibility index (Phi) is 7.36. The molecule has 1 unspecified atom stereocenters. The van der Waals surface area contributed by atoms with Gasteiger partial charge in [-0.15, -0.1) is 0 Å². The van der Waals surface area contributed by atoms with Gasteiger partial charge in [-0.1, -0.05) is 12.6 Å². The number of carbonyl (C=O) groups excluding carboxylic acids is 1. The highest BCUT2D eigenvalue weighted by atomic mass is 32.2. The van der Waals surface area contributed by atoms with Crippen LogP contribution in [0.15, 0.2) is 30.9 Å². The second-order valence-electron chi connectivity index (χ2n) is 10.2. The highest BCUT2D eigenvalue weighted by molar-refractivity contribution is 7.92. The van der Waals surface area contributed by atoms with Gasteiger partial charge < -0.3 is 19.4 Å². The Morgan fingerprint density at radius 2 is 2.10 bits per heavy atom. The maximum atomic E-state index is 12.4. The summed E-state index contributed by atoms with van der Waals surface area (Å²) in [5, 5.41) is 9.38. The number of amides is 1. The van der Waals surface area contributed by atoms with Crippen LogP contribution in [0.4, 0.5) is 17.2 Å². The first-order valence-corrected chi connectivity index (χ1v) is 15.0. The van der Waals surface area contributed by atoms with Crippen molar-refractivity contribution in [3.63, 3.8) is 0 Å². The molecule has 0 spiro atoms. The van der Waals surface area contributed by atoms with Crippen LogP contribution >= 0.6 is 0 Å². The third-order valence-corrected chi connectivity index (χ3v) is 8.32. The molecule has 0 radical (unpaired) electrons. The van der Waals surface area contributed by atoms with E-state index in [1.807, 2.05) is 18.2 Å². The van der Waals surface area contributed by atoms with Gasteiger partial charge in [0.2, 0.25) is 15.9 Å². The number of aromatic nitrogens is 2. The molecule has 2 aliphatic heterocycles. The number of nitrogens with one attached hydrogen (secondary N) is 1. The van der Waals surface area contributed by atoms with Gasteiger partial charge >= 0.3 is 6.01 Å². The third-order valence-electron chi connectivity index (χ3n) is 7.72. The van der Waals surface area contributed by atoms with E-state index in [-0.39, 0.29) is 24.4 Å². The molecule has 39 heavy (non-hydrogen) atoms. The molecule has 11 nitrogen and oxygen atoms in total. The summed E-state index contributed by atoms with van der Waals surface area (Å²) in [6.07, 6.45) is 5.97. The Bertz CT molecular complexity index is 1440. The molecule has 12 heteroatoms. The van der Waals surface area contributed by atoms with Gasteiger partial charge in [0, 0.05) is 49.9 Å². The van der Waals surface area contributed by atoms with Crippen LogP contribution < -0.4 is 19.3 Å². The van der Waals surface area contributed by atoms with Gasteiger partial charge in [-0.05, 0) is 43.0 Å². The zero-order valence-corrected chi connectivity index (χ0v) is 23.1. The van der Waals surface area contributed by atoms with Crippen molar-refractivity contribution in [1.82, 2.24) is 14.9 Å². The topological polar surface area (TPSA) is 132 Å². The second-order valence-corrected chi connectivity index (χ2v) is 12.0. The summed E-state index contributed by atoms with van der Waals surface area (Å²) >= 11 is 0. The molecule has 2 aromatic rings. The average Bonchev–Trinajstić information content (AvgIpc) is 3.34. The van der Waals surface area contributed by atoms with Crippen LogP contribution in [0.5, 0.6) is 6.01 Å². The third kappa shape index (κ3) is 5.49. The molecule has 206 valence electrons. The minimum Gasteiger partial charge on any atom is -0.467 e. The number of nitrogens with zero attached hydrogens (tertiary/aromatic N) is 6. The maximum absolute atomic E-state index is 12.4. The number of ether oxygens (including phenoxy) is 1. The maximum Gasteiger partial charge on any atom is 0.318 e. The van der Waals surface area contributed by atoms with Crippen molar-refractivity contribution >= 4 is 33.1 Å². The van der Waals surface area contributed by atoms with Crippen LogP contribution in [-0.2, 0) is 34.1 Å². The number of hydrogen-bond acceptors (Lipinski definition) is 9. The lowest BCUT2D eigenvalue weighted by Crippen LogP contribution is -2.55. The monoisotopic (exact) mass is 551 g/mol. The molecule has 1 N–H and O–H groups in total. The van der Waals surface area contributed by atoms with Crippen LogP contribution in [0.2, 0.25) is 0 Å². The van der Waals surface area contributed by atoms with Gasteiger partial charge in [0.15, 0.2) is 0 Å².